The minimum absolute atomic E-state index is 0.195. The van der Waals surface area contributed by atoms with E-state index in [9.17, 15) is 4.39 Å². The van der Waals surface area contributed by atoms with E-state index in [1.807, 2.05) is 12.1 Å². The maximum Gasteiger partial charge on any atom is 0.163 e. The van der Waals surface area contributed by atoms with Gasteiger partial charge in [-0.2, -0.15) is 10.4 Å². The van der Waals surface area contributed by atoms with Crippen LogP contribution in [0.3, 0.4) is 0 Å². The molecule has 0 aliphatic heterocycles. The summed E-state index contributed by atoms with van der Waals surface area (Å²) < 4.78 is 14.9. The molecule has 1 aromatic heterocycles. The van der Waals surface area contributed by atoms with Crippen molar-refractivity contribution in [2.45, 2.75) is 13.5 Å². The summed E-state index contributed by atoms with van der Waals surface area (Å²) in [6.45, 7) is 2.10. The molecular formula is C12H11FN4. The molecule has 17 heavy (non-hydrogen) atoms. The summed E-state index contributed by atoms with van der Waals surface area (Å²) in [5.74, 6) is -0.0526. The minimum atomic E-state index is -0.247. The molecule has 5 heteroatoms. The van der Waals surface area contributed by atoms with E-state index < -0.39 is 0 Å². The van der Waals surface area contributed by atoms with Gasteiger partial charge in [-0.1, -0.05) is 12.1 Å². The molecule has 0 unspecified atom stereocenters. The van der Waals surface area contributed by atoms with Crippen molar-refractivity contribution in [2.75, 3.05) is 5.73 Å². The number of nitriles is 1. The molecule has 0 fully saturated rings. The fourth-order valence-electron chi connectivity index (χ4n) is 1.53. The smallest absolute Gasteiger partial charge is 0.163 e. The van der Waals surface area contributed by atoms with E-state index >= 15 is 0 Å². The van der Waals surface area contributed by atoms with Gasteiger partial charge in [-0.15, -0.1) is 0 Å². The number of aryl methyl sites for hydroxylation is 1. The molecule has 86 valence electrons. The molecule has 0 bridgehead atoms. The van der Waals surface area contributed by atoms with Crippen LogP contribution in [0.25, 0.3) is 0 Å². The number of hydrogen-bond donors (Lipinski definition) is 1. The number of aromatic nitrogens is 2. The second kappa shape index (κ2) is 4.26. The minimum Gasteiger partial charge on any atom is -0.381 e. The largest absolute Gasteiger partial charge is 0.381 e. The molecule has 0 spiro atoms. The van der Waals surface area contributed by atoms with Crippen LogP contribution in [0.4, 0.5) is 10.2 Å². The van der Waals surface area contributed by atoms with E-state index in [0.717, 1.165) is 5.56 Å². The Morgan fingerprint density at radius 1 is 1.53 bits per heavy atom. The zero-order chi connectivity index (χ0) is 12.4. The highest BCUT2D eigenvalue weighted by atomic mass is 19.1. The molecule has 2 N–H and O–H groups in total. The first-order valence-electron chi connectivity index (χ1n) is 5.08. The summed E-state index contributed by atoms with van der Waals surface area (Å²) in [6.07, 6.45) is 1.55. The second-order valence-corrected chi connectivity index (χ2v) is 3.82. The molecule has 2 rings (SSSR count). The third kappa shape index (κ3) is 2.26. The van der Waals surface area contributed by atoms with Crippen molar-refractivity contribution in [3.8, 4) is 6.07 Å². The van der Waals surface area contributed by atoms with Crippen molar-refractivity contribution in [2.24, 2.45) is 0 Å². The van der Waals surface area contributed by atoms with Crippen molar-refractivity contribution in [1.82, 2.24) is 9.78 Å². The Labute approximate surface area is 98.1 Å². The van der Waals surface area contributed by atoms with Crippen LogP contribution in [0.15, 0.2) is 24.4 Å². The molecule has 4 nitrogen and oxygen atoms in total. The lowest BCUT2D eigenvalue weighted by atomic mass is 10.1. The fraction of sp³-hybridized carbons (Fsp3) is 0.167. The lowest BCUT2D eigenvalue weighted by Gasteiger charge is -2.03. The van der Waals surface area contributed by atoms with Gasteiger partial charge in [-0.05, 0) is 24.1 Å². The number of nitrogens with two attached hydrogens (primary N) is 1. The third-order valence-corrected chi connectivity index (χ3v) is 2.49. The normalized spacial score (nSPS) is 10.2. The lowest BCUT2D eigenvalue weighted by molar-refractivity contribution is 0.611. The van der Waals surface area contributed by atoms with Gasteiger partial charge in [0.15, 0.2) is 5.82 Å². The third-order valence-electron chi connectivity index (χ3n) is 2.49. The van der Waals surface area contributed by atoms with E-state index in [-0.39, 0.29) is 11.6 Å². The first-order valence-corrected chi connectivity index (χ1v) is 5.08. The van der Waals surface area contributed by atoms with Crippen molar-refractivity contribution in [3.05, 3.63) is 46.9 Å². The van der Waals surface area contributed by atoms with E-state index in [1.165, 1.54) is 10.7 Å². The van der Waals surface area contributed by atoms with E-state index in [1.54, 1.807) is 19.2 Å². The van der Waals surface area contributed by atoms with Crippen molar-refractivity contribution < 1.29 is 4.39 Å². The summed E-state index contributed by atoms with van der Waals surface area (Å²) in [7, 11) is 0. The first-order chi connectivity index (χ1) is 8.10. The number of anilines is 1. The summed E-state index contributed by atoms with van der Waals surface area (Å²) >= 11 is 0. The lowest BCUT2D eigenvalue weighted by Crippen LogP contribution is -2.01. The van der Waals surface area contributed by atoms with Crippen LogP contribution in [-0.4, -0.2) is 9.78 Å². The second-order valence-electron chi connectivity index (χ2n) is 3.82. The average molecular weight is 230 g/mol. The summed E-state index contributed by atoms with van der Waals surface area (Å²) in [4.78, 5) is 0. The van der Waals surface area contributed by atoms with Gasteiger partial charge in [-0.3, -0.25) is 4.68 Å². The van der Waals surface area contributed by atoms with Gasteiger partial charge in [-0.25, -0.2) is 4.39 Å². The molecule has 0 saturated heterocycles. The van der Waals surface area contributed by atoms with Gasteiger partial charge >= 0.3 is 0 Å². The van der Waals surface area contributed by atoms with Gasteiger partial charge < -0.3 is 5.73 Å². The number of rotatable bonds is 2. The van der Waals surface area contributed by atoms with Crippen LogP contribution >= 0.6 is 0 Å². The monoisotopic (exact) mass is 230 g/mol. The predicted molar refractivity (Wildman–Crippen MR) is 61.6 cm³/mol. The van der Waals surface area contributed by atoms with Gasteiger partial charge in [0.2, 0.25) is 0 Å². The predicted octanol–water partition coefficient (Wildman–Crippen LogP) is 1.83. The molecule has 0 atom stereocenters. The molecule has 1 aromatic carbocycles. The molecule has 0 aliphatic rings. The van der Waals surface area contributed by atoms with Crippen molar-refractivity contribution in [1.29, 1.82) is 5.26 Å². The topological polar surface area (TPSA) is 67.6 Å². The Morgan fingerprint density at radius 3 is 2.88 bits per heavy atom. The Morgan fingerprint density at radius 2 is 2.29 bits per heavy atom. The number of halogens is 1. The standard InChI is InChI=1S/C12H11FN4/c1-8-2-3-9(4-11(8)13)6-17-7-10(5-14)12(15)16-17/h2-4,7H,6H2,1H3,(H2,15,16). The maximum absolute atomic E-state index is 13.3. The highest BCUT2D eigenvalue weighted by Gasteiger charge is 2.06. The van der Waals surface area contributed by atoms with E-state index in [2.05, 4.69) is 5.10 Å². The first kappa shape index (κ1) is 11.1. The van der Waals surface area contributed by atoms with Gasteiger partial charge in [0.1, 0.15) is 17.4 Å². The zero-order valence-corrected chi connectivity index (χ0v) is 9.31. The molecule has 0 saturated carbocycles. The highest BCUT2D eigenvalue weighted by Crippen LogP contribution is 2.12. The summed E-state index contributed by atoms with van der Waals surface area (Å²) in [5.41, 5.74) is 7.24. The maximum atomic E-state index is 13.3. The van der Waals surface area contributed by atoms with Crippen LogP contribution < -0.4 is 5.73 Å². The molecule has 2 aromatic rings. The number of benzene rings is 1. The Hall–Kier alpha value is -2.35. The van der Waals surface area contributed by atoms with Crippen LogP contribution in [0.1, 0.15) is 16.7 Å². The van der Waals surface area contributed by atoms with E-state index in [4.69, 9.17) is 11.0 Å². The van der Waals surface area contributed by atoms with Crippen LogP contribution in [0, 0.1) is 24.1 Å². The molecular weight excluding hydrogens is 219 g/mol. The Balaban J connectivity index is 2.25. The van der Waals surface area contributed by atoms with Crippen molar-refractivity contribution >= 4 is 5.82 Å². The van der Waals surface area contributed by atoms with Crippen LogP contribution in [0.2, 0.25) is 0 Å². The Bertz CT molecular complexity index is 595. The molecule has 0 aliphatic carbocycles. The van der Waals surface area contributed by atoms with Crippen LogP contribution in [0.5, 0.6) is 0 Å². The van der Waals surface area contributed by atoms with Gasteiger partial charge in [0.25, 0.3) is 0 Å². The van der Waals surface area contributed by atoms with Crippen molar-refractivity contribution in [3.63, 3.8) is 0 Å². The number of hydrogen-bond acceptors (Lipinski definition) is 3. The SMILES string of the molecule is Cc1ccc(Cn2cc(C#N)c(N)n2)cc1F. The van der Waals surface area contributed by atoms with Gasteiger partial charge in [0.05, 0.1) is 6.54 Å². The highest BCUT2D eigenvalue weighted by molar-refractivity contribution is 5.46. The summed E-state index contributed by atoms with van der Waals surface area (Å²) in [6, 6.07) is 6.93. The number of nitrogen functional groups attached to an aromatic ring is 1. The zero-order valence-electron chi connectivity index (χ0n) is 9.31. The van der Waals surface area contributed by atoms with Gasteiger partial charge in [0, 0.05) is 6.20 Å². The molecule has 0 radical (unpaired) electrons. The number of nitrogens with zero attached hydrogens (tertiary/aromatic N) is 3. The quantitative estimate of drug-likeness (QED) is 0.855. The Kier molecular flexibility index (Phi) is 2.79. The fourth-order valence-corrected chi connectivity index (χ4v) is 1.53. The molecule has 0 amide bonds. The average Bonchev–Trinajstić information content (AvgIpc) is 2.64. The molecule has 1 heterocycles. The van der Waals surface area contributed by atoms with Crippen LogP contribution in [-0.2, 0) is 6.54 Å². The summed E-state index contributed by atoms with van der Waals surface area (Å²) in [5, 5.41) is 12.7. The van der Waals surface area contributed by atoms with E-state index in [0.29, 0.717) is 17.7 Å².